The summed E-state index contributed by atoms with van der Waals surface area (Å²) < 4.78 is 11.6. The van der Waals surface area contributed by atoms with Crippen molar-refractivity contribution < 1.29 is 23.9 Å². The first kappa shape index (κ1) is 29.1. The third kappa shape index (κ3) is 8.53. The standard InChI is InChI=1S/C29H44N2O5Si/c1-29(2,3)36-28(34)31-25(15-10-16-26(31)32)27(33)30-23(14-11-19-37(4,5)6)17-18-24(30)21-35-20-22-12-8-7-9-13-22/h7-9,11-14,23-25H,10,15-21H2,1-6H3/b14-11+/t23-,24+,25?/m1/s1. The van der Waals surface area contributed by atoms with Crippen LogP contribution in [0.15, 0.2) is 42.5 Å². The Bertz CT molecular complexity index is 967. The number of rotatable bonds is 8. The number of carbonyl (C=O) groups excluding carboxylic acids is 3. The van der Waals surface area contributed by atoms with Gasteiger partial charge in [0.1, 0.15) is 11.6 Å². The lowest BCUT2D eigenvalue weighted by atomic mass is 10.00. The highest BCUT2D eigenvalue weighted by atomic mass is 28.3. The third-order valence-corrected chi connectivity index (χ3v) is 8.10. The normalized spacial score (nSPS) is 23.1. The molecule has 2 aliphatic rings. The van der Waals surface area contributed by atoms with Gasteiger partial charge in [-0.05, 0) is 58.1 Å². The molecule has 8 heteroatoms. The highest BCUT2D eigenvalue weighted by molar-refractivity contribution is 6.76. The SMILES string of the molecule is CC(C)(C)OC(=O)N1C(=O)CCCC1C(=O)N1[C@H](COCc2ccccc2)CC[C@H]1/C=C/C[Si](C)(C)C. The number of piperidine rings is 1. The summed E-state index contributed by atoms with van der Waals surface area (Å²) in [4.78, 5) is 42.9. The quantitative estimate of drug-likeness (QED) is 0.316. The summed E-state index contributed by atoms with van der Waals surface area (Å²) in [5, 5.41) is 0. The van der Waals surface area contributed by atoms with Gasteiger partial charge in [0, 0.05) is 14.5 Å². The molecule has 2 fully saturated rings. The average Bonchev–Trinajstić information content (AvgIpc) is 3.19. The first-order valence-corrected chi connectivity index (χ1v) is 17.2. The molecule has 1 aromatic rings. The molecule has 2 aliphatic heterocycles. The van der Waals surface area contributed by atoms with Crippen LogP contribution in [-0.2, 0) is 25.7 Å². The molecule has 0 bridgehead atoms. The van der Waals surface area contributed by atoms with Crippen LogP contribution in [0.1, 0.15) is 58.4 Å². The molecule has 2 saturated heterocycles. The summed E-state index contributed by atoms with van der Waals surface area (Å²) >= 11 is 0. The molecule has 2 heterocycles. The maximum absolute atomic E-state index is 14.1. The molecule has 1 unspecified atom stereocenters. The van der Waals surface area contributed by atoms with Crippen molar-refractivity contribution in [2.75, 3.05) is 6.61 Å². The zero-order valence-corrected chi connectivity index (χ0v) is 24.4. The highest BCUT2D eigenvalue weighted by Gasteiger charge is 2.45. The van der Waals surface area contributed by atoms with Crippen molar-refractivity contribution in [1.29, 1.82) is 0 Å². The Labute approximate surface area is 223 Å². The molecule has 0 radical (unpaired) electrons. The summed E-state index contributed by atoms with van der Waals surface area (Å²) in [5.74, 6) is -0.534. The lowest BCUT2D eigenvalue weighted by Crippen LogP contribution is -2.58. The number of likely N-dealkylation sites (tertiary alicyclic amines) is 2. The van der Waals surface area contributed by atoms with Gasteiger partial charge in [-0.2, -0.15) is 0 Å². The number of benzene rings is 1. The second-order valence-electron chi connectivity index (χ2n) is 12.4. The molecule has 0 saturated carbocycles. The lowest BCUT2D eigenvalue weighted by molar-refractivity contribution is -0.150. The fourth-order valence-electron chi connectivity index (χ4n) is 4.89. The molecule has 3 rings (SSSR count). The predicted molar refractivity (Wildman–Crippen MR) is 148 cm³/mol. The summed E-state index contributed by atoms with van der Waals surface area (Å²) in [6.07, 6.45) is 6.54. The molecule has 3 atom stereocenters. The Morgan fingerprint density at radius 3 is 2.43 bits per heavy atom. The maximum Gasteiger partial charge on any atom is 0.417 e. The van der Waals surface area contributed by atoms with E-state index < -0.39 is 25.8 Å². The zero-order valence-electron chi connectivity index (χ0n) is 23.4. The van der Waals surface area contributed by atoms with E-state index in [1.807, 2.05) is 35.2 Å². The minimum atomic E-state index is -1.27. The Morgan fingerprint density at radius 1 is 1.08 bits per heavy atom. The van der Waals surface area contributed by atoms with Gasteiger partial charge in [0.15, 0.2) is 0 Å². The van der Waals surface area contributed by atoms with Crippen LogP contribution in [0.25, 0.3) is 0 Å². The van der Waals surface area contributed by atoms with E-state index in [1.165, 1.54) is 0 Å². The largest absolute Gasteiger partial charge is 0.443 e. The van der Waals surface area contributed by atoms with Crippen LogP contribution in [0.4, 0.5) is 4.79 Å². The molecule has 37 heavy (non-hydrogen) atoms. The molecule has 0 spiro atoms. The van der Waals surface area contributed by atoms with E-state index in [1.54, 1.807) is 20.8 Å². The van der Waals surface area contributed by atoms with E-state index in [4.69, 9.17) is 9.47 Å². The molecular weight excluding hydrogens is 484 g/mol. The van der Waals surface area contributed by atoms with Gasteiger partial charge in [-0.3, -0.25) is 9.59 Å². The predicted octanol–water partition coefficient (Wildman–Crippen LogP) is 5.77. The van der Waals surface area contributed by atoms with Crippen LogP contribution in [0.5, 0.6) is 0 Å². The second kappa shape index (κ2) is 12.4. The van der Waals surface area contributed by atoms with Crippen LogP contribution < -0.4 is 0 Å². The van der Waals surface area contributed by atoms with Gasteiger partial charge in [-0.15, -0.1) is 0 Å². The van der Waals surface area contributed by atoms with Gasteiger partial charge >= 0.3 is 6.09 Å². The molecule has 7 nitrogen and oxygen atoms in total. The number of hydrogen-bond donors (Lipinski definition) is 0. The number of allylic oxidation sites excluding steroid dienone is 1. The number of imide groups is 1. The average molecular weight is 529 g/mol. The summed E-state index contributed by atoms with van der Waals surface area (Å²) in [6.45, 7) is 13.1. The van der Waals surface area contributed by atoms with Crippen LogP contribution in [0.3, 0.4) is 0 Å². The first-order chi connectivity index (χ1) is 17.4. The molecular formula is C29H44N2O5Si. The molecule has 0 aliphatic carbocycles. The van der Waals surface area contributed by atoms with Gasteiger partial charge in [0.2, 0.25) is 11.8 Å². The van der Waals surface area contributed by atoms with Crippen molar-refractivity contribution in [3.05, 3.63) is 48.0 Å². The summed E-state index contributed by atoms with van der Waals surface area (Å²) in [7, 11) is -1.27. The molecule has 0 aromatic heterocycles. The van der Waals surface area contributed by atoms with Crippen molar-refractivity contribution in [3.8, 4) is 0 Å². The summed E-state index contributed by atoms with van der Waals surface area (Å²) in [5.41, 5.74) is 0.324. The second-order valence-corrected chi connectivity index (χ2v) is 17.9. The molecule has 3 amide bonds. The van der Waals surface area contributed by atoms with Crippen molar-refractivity contribution in [3.63, 3.8) is 0 Å². The Balaban J connectivity index is 1.81. The fourth-order valence-corrected chi connectivity index (χ4v) is 5.73. The zero-order chi connectivity index (χ0) is 27.2. The minimum Gasteiger partial charge on any atom is -0.443 e. The monoisotopic (exact) mass is 528 g/mol. The molecule has 0 N–H and O–H groups in total. The van der Waals surface area contributed by atoms with Crippen LogP contribution in [0, 0.1) is 0 Å². The fraction of sp³-hybridized carbons (Fsp3) is 0.621. The topological polar surface area (TPSA) is 76.2 Å². The highest BCUT2D eigenvalue weighted by Crippen LogP contribution is 2.31. The van der Waals surface area contributed by atoms with Crippen LogP contribution >= 0.6 is 0 Å². The molecule has 1 aromatic carbocycles. The van der Waals surface area contributed by atoms with Crippen LogP contribution in [-0.4, -0.2) is 66.1 Å². The summed E-state index contributed by atoms with van der Waals surface area (Å²) in [6, 6.07) is 9.97. The smallest absolute Gasteiger partial charge is 0.417 e. The van der Waals surface area contributed by atoms with Crippen molar-refractivity contribution >= 4 is 26.0 Å². The maximum atomic E-state index is 14.1. The van der Waals surface area contributed by atoms with Crippen molar-refractivity contribution in [1.82, 2.24) is 9.80 Å². The number of carbonyl (C=O) groups is 3. The number of amides is 3. The van der Waals surface area contributed by atoms with Gasteiger partial charge in [0.05, 0.1) is 25.3 Å². The van der Waals surface area contributed by atoms with Gasteiger partial charge in [-0.1, -0.05) is 62.1 Å². The number of nitrogens with zero attached hydrogens (tertiary/aromatic N) is 2. The Kier molecular flexibility index (Phi) is 9.75. The van der Waals surface area contributed by atoms with E-state index in [2.05, 4.69) is 31.8 Å². The Hall–Kier alpha value is -2.45. The van der Waals surface area contributed by atoms with Gasteiger partial charge in [0.25, 0.3) is 0 Å². The van der Waals surface area contributed by atoms with Gasteiger partial charge in [-0.25, -0.2) is 9.69 Å². The number of hydrogen-bond acceptors (Lipinski definition) is 5. The van der Waals surface area contributed by atoms with Crippen molar-refractivity contribution in [2.24, 2.45) is 0 Å². The lowest BCUT2D eigenvalue weighted by Gasteiger charge is -2.39. The molecule has 204 valence electrons. The third-order valence-electron chi connectivity index (χ3n) is 6.63. The van der Waals surface area contributed by atoms with E-state index in [0.717, 1.165) is 29.3 Å². The number of ether oxygens (including phenoxy) is 2. The first-order valence-electron chi connectivity index (χ1n) is 13.5. The Morgan fingerprint density at radius 2 is 1.78 bits per heavy atom. The van der Waals surface area contributed by atoms with Crippen LogP contribution in [0.2, 0.25) is 25.7 Å². The van der Waals surface area contributed by atoms with E-state index in [9.17, 15) is 14.4 Å². The van der Waals surface area contributed by atoms with E-state index >= 15 is 0 Å². The van der Waals surface area contributed by atoms with Gasteiger partial charge < -0.3 is 14.4 Å². The van der Waals surface area contributed by atoms with E-state index in [-0.39, 0.29) is 30.3 Å². The minimum absolute atomic E-state index is 0.0771. The van der Waals surface area contributed by atoms with Crippen molar-refractivity contribution in [2.45, 2.75) is 109 Å². The van der Waals surface area contributed by atoms with E-state index in [0.29, 0.717) is 26.1 Å².